The zero-order valence-electron chi connectivity index (χ0n) is 10.8. The van der Waals surface area contributed by atoms with E-state index < -0.39 is 0 Å². The van der Waals surface area contributed by atoms with Gasteiger partial charge < -0.3 is 4.74 Å². The largest absolute Gasteiger partial charge is 0.376 e. The van der Waals surface area contributed by atoms with Crippen LogP contribution in [0.15, 0.2) is 40.9 Å². The molecule has 1 N–H and O–H groups in total. The van der Waals surface area contributed by atoms with Crippen molar-refractivity contribution in [3.63, 3.8) is 0 Å². The van der Waals surface area contributed by atoms with Crippen molar-refractivity contribution >= 4 is 26.7 Å². The zero-order chi connectivity index (χ0) is 13.5. The summed E-state index contributed by atoms with van der Waals surface area (Å²) in [5.41, 5.74) is 4.57. The highest BCUT2D eigenvalue weighted by molar-refractivity contribution is 9.10. The molecule has 100 valence electrons. The summed E-state index contributed by atoms with van der Waals surface area (Å²) in [7, 11) is 0. The number of ether oxygens (including phenoxy) is 1. The normalized spacial score (nSPS) is 14.4. The fourth-order valence-corrected chi connectivity index (χ4v) is 3.09. The van der Waals surface area contributed by atoms with Crippen molar-refractivity contribution in [2.24, 2.45) is 0 Å². The van der Waals surface area contributed by atoms with Gasteiger partial charge >= 0.3 is 0 Å². The van der Waals surface area contributed by atoms with Gasteiger partial charge in [0.15, 0.2) is 0 Å². The number of benzene rings is 2. The second-order valence-electron chi connectivity index (χ2n) is 5.04. The van der Waals surface area contributed by atoms with Gasteiger partial charge in [-0.2, -0.15) is 5.10 Å². The molecule has 0 atom stereocenters. The third kappa shape index (κ3) is 1.96. The second-order valence-corrected chi connectivity index (χ2v) is 5.95. The first-order valence-corrected chi connectivity index (χ1v) is 7.44. The smallest absolute Gasteiger partial charge is 0.0979 e. The van der Waals surface area contributed by atoms with E-state index in [1.165, 1.54) is 22.0 Å². The highest BCUT2D eigenvalue weighted by Crippen LogP contribution is 2.30. The van der Waals surface area contributed by atoms with E-state index in [-0.39, 0.29) is 0 Å². The van der Waals surface area contributed by atoms with Gasteiger partial charge in [0.2, 0.25) is 0 Å². The highest BCUT2D eigenvalue weighted by Gasteiger charge is 2.18. The van der Waals surface area contributed by atoms with Gasteiger partial charge in [0.05, 0.1) is 18.9 Å². The molecule has 0 unspecified atom stereocenters. The van der Waals surface area contributed by atoms with Gasteiger partial charge in [-0.1, -0.05) is 34.1 Å². The summed E-state index contributed by atoms with van der Waals surface area (Å²) < 4.78 is 6.65. The lowest BCUT2D eigenvalue weighted by atomic mass is 10.0. The predicted octanol–water partition coefficient (Wildman–Crippen LogP) is 4.07. The van der Waals surface area contributed by atoms with Crippen LogP contribution in [0.25, 0.3) is 22.0 Å². The van der Waals surface area contributed by atoms with E-state index in [1.807, 2.05) is 0 Å². The van der Waals surface area contributed by atoms with Crippen molar-refractivity contribution < 1.29 is 4.74 Å². The van der Waals surface area contributed by atoms with E-state index in [1.54, 1.807) is 0 Å². The van der Waals surface area contributed by atoms with E-state index >= 15 is 0 Å². The molecule has 4 rings (SSSR count). The molecule has 3 aromatic rings. The number of aromatic nitrogens is 2. The predicted molar refractivity (Wildman–Crippen MR) is 82.6 cm³/mol. The van der Waals surface area contributed by atoms with Crippen molar-refractivity contribution in [2.75, 3.05) is 6.61 Å². The molecule has 2 heterocycles. The number of halogens is 1. The van der Waals surface area contributed by atoms with Crippen LogP contribution in [0, 0.1) is 0 Å². The van der Waals surface area contributed by atoms with Crippen LogP contribution in [0.5, 0.6) is 0 Å². The zero-order valence-corrected chi connectivity index (χ0v) is 12.4. The number of rotatable bonds is 1. The van der Waals surface area contributed by atoms with Gasteiger partial charge in [-0.05, 0) is 29.0 Å². The van der Waals surface area contributed by atoms with Gasteiger partial charge in [-0.3, -0.25) is 5.10 Å². The summed E-state index contributed by atoms with van der Waals surface area (Å²) in [4.78, 5) is 0. The van der Waals surface area contributed by atoms with Gasteiger partial charge in [-0.25, -0.2) is 0 Å². The molecule has 0 spiro atoms. The van der Waals surface area contributed by atoms with Gasteiger partial charge in [0.1, 0.15) is 0 Å². The maximum atomic E-state index is 5.55. The Hall–Kier alpha value is -1.65. The Balaban J connectivity index is 1.86. The van der Waals surface area contributed by atoms with Crippen LogP contribution in [0.3, 0.4) is 0 Å². The quantitative estimate of drug-likeness (QED) is 0.731. The molecule has 0 saturated carbocycles. The summed E-state index contributed by atoms with van der Waals surface area (Å²) in [6.45, 7) is 1.43. The molecule has 0 amide bonds. The summed E-state index contributed by atoms with van der Waals surface area (Å²) in [6.07, 6.45) is 0.920. The molecular formula is C16H13BrN2O. The third-order valence-corrected chi connectivity index (χ3v) is 4.26. The maximum Gasteiger partial charge on any atom is 0.0979 e. The van der Waals surface area contributed by atoms with Crippen LogP contribution in [-0.4, -0.2) is 16.8 Å². The number of H-pyrrole nitrogens is 1. The van der Waals surface area contributed by atoms with Crippen LogP contribution < -0.4 is 0 Å². The molecule has 0 fully saturated rings. The molecular weight excluding hydrogens is 316 g/mol. The van der Waals surface area contributed by atoms with E-state index in [4.69, 9.17) is 4.74 Å². The topological polar surface area (TPSA) is 37.9 Å². The summed E-state index contributed by atoms with van der Waals surface area (Å²) in [5, 5.41) is 10.1. The second kappa shape index (κ2) is 4.72. The Labute approximate surface area is 125 Å². The number of nitrogens with zero attached hydrogens (tertiary/aromatic N) is 1. The molecule has 4 heteroatoms. The molecule has 1 aliphatic rings. The first-order valence-electron chi connectivity index (χ1n) is 6.65. The highest BCUT2D eigenvalue weighted by atomic mass is 79.9. The van der Waals surface area contributed by atoms with Crippen LogP contribution >= 0.6 is 15.9 Å². The Morgan fingerprint density at radius 2 is 1.95 bits per heavy atom. The first kappa shape index (κ1) is 12.1. The van der Waals surface area contributed by atoms with Crippen LogP contribution in [0.4, 0.5) is 0 Å². The molecule has 1 aliphatic heterocycles. The standard InChI is InChI=1S/C16H13BrN2O/c17-13-4-3-10-7-12(2-1-11(10)8-13)16-14-9-20-6-5-15(14)18-19-16/h1-4,7-8H,5-6,9H2,(H,18,19). The van der Waals surface area contributed by atoms with Crippen molar-refractivity contribution in [2.45, 2.75) is 13.0 Å². The minimum Gasteiger partial charge on any atom is -0.376 e. The molecule has 3 nitrogen and oxygen atoms in total. The molecule has 20 heavy (non-hydrogen) atoms. The van der Waals surface area contributed by atoms with Crippen LogP contribution in [-0.2, 0) is 17.8 Å². The summed E-state index contributed by atoms with van der Waals surface area (Å²) in [5.74, 6) is 0. The lowest BCUT2D eigenvalue weighted by molar-refractivity contribution is 0.110. The Bertz CT molecular complexity index is 794. The molecule has 1 aromatic heterocycles. The number of hydrogen-bond acceptors (Lipinski definition) is 2. The molecule has 0 bridgehead atoms. The summed E-state index contributed by atoms with van der Waals surface area (Å²) in [6, 6.07) is 12.8. The van der Waals surface area contributed by atoms with E-state index in [0.717, 1.165) is 28.8 Å². The molecule has 0 radical (unpaired) electrons. The molecule has 2 aromatic carbocycles. The van der Waals surface area contributed by atoms with Crippen molar-refractivity contribution in [1.29, 1.82) is 0 Å². The van der Waals surface area contributed by atoms with Crippen molar-refractivity contribution in [3.8, 4) is 11.3 Å². The minimum absolute atomic E-state index is 0.652. The first-order chi connectivity index (χ1) is 9.81. The Morgan fingerprint density at radius 3 is 2.90 bits per heavy atom. The van der Waals surface area contributed by atoms with E-state index in [9.17, 15) is 0 Å². The number of hydrogen-bond donors (Lipinski definition) is 1. The van der Waals surface area contributed by atoms with Crippen LogP contribution in [0.2, 0.25) is 0 Å². The van der Waals surface area contributed by atoms with Crippen molar-refractivity contribution in [3.05, 3.63) is 52.1 Å². The number of nitrogens with one attached hydrogen (secondary N) is 1. The average molecular weight is 329 g/mol. The SMILES string of the molecule is Brc1ccc2cc(-c3n[nH]c4c3COCC4)ccc2c1. The number of fused-ring (bicyclic) bond motifs is 2. The maximum absolute atomic E-state index is 5.55. The minimum atomic E-state index is 0.652. The van der Waals surface area contributed by atoms with Crippen molar-refractivity contribution in [1.82, 2.24) is 10.2 Å². The van der Waals surface area contributed by atoms with Gasteiger partial charge in [0.25, 0.3) is 0 Å². The van der Waals surface area contributed by atoms with Gasteiger partial charge in [0, 0.05) is 27.7 Å². The average Bonchev–Trinajstić information content (AvgIpc) is 2.91. The Kier molecular flexibility index (Phi) is 2.86. The fraction of sp³-hybridized carbons (Fsp3) is 0.188. The molecule has 0 saturated heterocycles. The Morgan fingerprint density at radius 1 is 1.10 bits per heavy atom. The lowest BCUT2D eigenvalue weighted by Crippen LogP contribution is -2.08. The number of aromatic amines is 1. The monoisotopic (exact) mass is 328 g/mol. The third-order valence-electron chi connectivity index (χ3n) is 3.77. The summed E-state index contributed by atoms with van der Waals surface area (Å²) >= 11 is 3.51. The van der Waals surface area contributed by atoms with Gasteiger partial charge in [-0.15, -0.1) is 0 Å². The van der Waals surface area contributed by atoms with E-state index in [2.05, 4.69) is 62.5 Å². The van der Waals surface area contributed by atoms with Crippen LogP contribution in [0.1, 0.15) is 11.3 Å². The lowest BCUT2D eigenvalue weighted by Gasteiger charge is -2.12. The van der Waals surface area contributed by atoms with E-state index in [0.29, 0.717) is 6.61 Å². The molecule has 0 aliphatic carbocycles. The fourth-order valence-electron chi connectivity index (χ4n) is 2.71.